The molecule has 0 aliphatic rings. The number of carbonyl (C=O) groups is 1. The summed E-state index contributed by atoms with van der Waals surface area (Å²) < 4.78 is 25.7. The van der Waals surface area contributed by atoms with Crippen LogP contribution in [0.4, 0.5) is 5.69 Å². The number of aromatic carboxylic acids is 1. The topological polar surface area (TPSA) is 121 Å². The Balaban J connectivity index is 3.21. The van der Waals surface area contributed by atoms with Gasteiger partial charge in [-0.15, -0.1) is 0 Å². The summed E-state index contributed by atoms with van der Waals surface area (Å²) in [6.45, 7) is 1.62. The molecule has 0 radical (unpaired) electrons. The minimum absolute atomic E-state index is 0.0772. The van der Waals surface area contributed by atoms with Crippen LogP contribution in [-0.4, -0.2) is 48.6 Å². The second-order valence-electron chi connectivity index (χ2n) is 4.53. The lowest BCUT2D eigenvalue weighted by Crippen LogP contribution is -2.30. The number of nitrogen functional groups attached to an aromatic ring is 1. The van der Waals surface area contributed by atoms with E-state index in [0.29, 0.717) is 0 Å². The second kappa shape index (κ2) is 6.21. The van der Waals surface area contributed by atoms with Crippen LogP contribution in [0.25, 0.3) is 0 Å². The predicted molar refractivity (Wildman–Crippen MR) is 73.9 cm³/mol. The lowest BCUT2D eigenvalue weighted by atomic mass is 10.2. The number of carboxylic acids is 1. The van der Waals surface area contributed by atoms with E-state index in [1.54, 1.807) is 6.92 Å². The Morgan fingerprint density at radius 2 is 2.05 bits per heavy atom. The van der Waals surface area contributed by atoms with Crippen LogP contribution in [0, 0.1) is 0 Å². The molecular formula is C12H18N2O5S. The summed E-state index contributed by atoms with van der Waals surface area (Å²) in [6.07, 6.45) is -0.395. The van der Waals surface area contributed by atoms with Crippen molar-refractivity contribution in [3.05, 3.63) is 23.8 Å². The van der Waals surface area contributed by atoms with Gasteiger partial charge in [-0.3, -0.25) is 0 Å². The second-order valence-corrected chi connectivity index (χ2v) is 6.54. The maximum Gasteiger partial charge on any atom is 0.337 e. The van der Waals surface area contributed by atoms with Crippen LogP contribution in [0.1, 0.15) is 23.7 Å². The molecule has 0 heterocycles. The highest BCUT2D eigenvalue weighted by Crippen LogP contribution is 2.22. The summed E-state index contributed by atoms with van der Waals surface area (Å²) in [6, 6.07) is 3.61. The number of aliphatic hydroxyl groups is 1. The molecule has 0 aromatic heterocycles. The van der Waals surface area contributed by atoms with Gasteiger partial charge in [-0.25, -0.2) is 17.5 Å². The molecule has 1 atom stereocenters. The molecule has 20 heavy (non-hydrogen) atoms. The summed E-state index contributed by atoms with van der Waals surface area (Å²) in [5, 5.41) is 18.2. The molecule has 0 saturated heterocycles. The van der Waals surface area contributed by atoms with Crippen LogP contribution < -0.4 is 5.73 Å². The highest BCUT2D eigenvalue weighted by molar-refractivity contribution is 7.89. The molecule has 0 aliphatic carbocycles. The summed E-state index contributed by atoms with van der Waals surface area (Å²) in [4.78, 5) is 10.8. The van der Waals surface area contributed by atoms with Crippen molar-refractivity contribution in [1.29, 1.82) is 0 Å². The molecule has 0 fully saturated rings. The summed E-state index contributed by atoms with van der Waals surface area (Å²) in [5.74, 6) is -1.34. The average molecular weight is 302 g/mol. The first-order valence-electron chi connectivity index (χ1n) is 5.93. The van der Waals surface area contributed by atoms with Gasteiger partial charge in [0, 0.05) is 19.3 Å². The van der Waals surface area contributed by atoms with Crippen molar-refractivity contribution >= 4 is 21.7 Å². The standard InChI is InChI=1S/C12H18N2O5S/c1-8(15)5-6-14(2)20(18,19)11-7-9(13)3-4-10(11)12(16)17/h3-4,7-8,15H,5-6,13H2,1-2H3,(H,16,17). The predicted octanol–water partition coefficient (Wildman–Crippen LogP) is 0.358. The molecule has 1 rings (SSSR count). The van der Waals surface area contributed by atoms with Gasteiger partial charge in [0.2, 0.25) is 10.0 Å². The van der Waals surface area contributed by atoms with Crippen molar-refractivity contribution < 1.29 is 23.4 Å². The Bertz CT molecular complexity index is 598. The largest absolute Gasteiger partial charge is 0.478 e. The van der Waals surface area contributed by atoms with E-state index in [1.807, 2.05) is 0 Å². The first-order valence-corrected chi connectivity index (χ1v) is 7.37. The number of sulfonamides is 1. The maximum atomic E-state index is 12.3. The number of anilines is 1. The van der Waals surface area contributed by atoms with Crippen LogP contribution >= 0.6 is 0 Å². The minimum atomic E-state index is -3.97. The number of benzene rings is 1. The molecule has 1 aromatic carbocycles. The fraction of sp³-hybridized carbons (Fsp3) is 0.417. The number of nitrogens with zero attached hydrogens (tertiary/aromatic N) is 1. The molecular weight excluding hydrogens is 284 g/mol. The molecule has 0 saturated carbocycles. The minimum Gasteiger partial charge on any atom is -0.478 e. The zero-order valence-electron chi connectivity index (χ0n) is 11.3. The highest BCUT2D eigenvalue weighted by Gasteiger charge is 2.26. The third kappa shape index (κ3) is 3.69. The van der Waals surface area contributed by atoms with Crippen molar-refractivity contribution in [2.24, 2.45) is 0 Å². The zero-order valence-corrected chi connectivity index (χ0v) is 12.1. The van der Waals surface area contributed by atoms with E-state index >= 15 is 0 Å². The quantitative estimate of drug-likeness (QED) is 0.652. The number of hydrogen-bond donors (Lipinski definition) is 3. The third-order valence-corrected chi connectivity index (χ3v) is 4.68. The number of carboxylic acid groups (broad SMARTS) is 1. The first-order chi connectivity index (χ1) is 9.16. The number of hydrogen-bond acceptors (Lipinski definition) is 5. The molecule has 1 unspecified atom stereocenters. The SMILES string of the molecule is CC(O)CCN(C)S(=O)(=O)c1cc(N)ccc1C(=O)O. The Labute approximate surface area is 117 Å². The molecule has 0 amide bonds. The van der Waals surface area contributed by atoms with Gasteiger partial charge < -0.3 is 15.9 Å². The number of rotatable bonds is 6. The van der Waals surface area contributed by atoms with Crippen molar-refractivity contribution in [3.8, 4) is 0 Å². The maximum absolute atomic E-state index is 12.3. The van der Waals surface area contributed by atoms with Crippen molar-refractivity contribution in [3.63, 3.8) is 0 Å². The van der Waals surface area contributed by atoms with Crippen molar-refractivity contribution in [1.82, 2.24) is 4.31 Å². The zero-order chi connectivity index (χ0) is 15.5. The molecule has 112 valence electrons. The van der Waals surface area contributed by atoms with Gasteiger partial charge in [0.25, 0.3) is 0 Å². The third-order valence-electron chi connectivity index (χ3n) is 2.79. The van der Waals surface area contributed by atoms with Gasteiger partial charge in [-0.2, -0.15) is 0 Å². The molecule has 0 spiro atoms. The molecule has 8 heteroatoms. The fourth-order valence-electron chi connectivity index (χ4n) is 1.59. The lowest BCUT2D eigenvalue weighted by molar-refractivity contribution is 0.0692. The molecule has 1 aromatic rings. The fourth-order valence-corrected chi connectivity index (χ4v) is 2.99. The Morgan fingerprint density at radius 1 is 1.45 bits per heavy atom. The van der Waals surface area contributed by atoms with E-state index in [0.717, 1.165) is 16.4 Å². The Hall–Kier alpha value is -1.64. The van der Waals surface area contributed by atoms with E-state index in [1.165, 1.54) is 13.1 Å². The summed E-state index contributed by atoms with van der Waals surface area (Å²) in [7, 11) is -2.65. The van der Waals surface area contributed by atoms with Gasteiger partial charge in [-0.05, 0) is 31.5 Å². The summed E-state index contributed by atoms with van der Waals surface area (Å²) in [5.41, 5.74) is 5.36. The molecule has 4 N–H and O–H groups in total. The van der Waals surface area contributed by atoms with Crippen molar-refractivity contribution in [2.75, 3.05) is 19.3 Å². The van der Waals surface area contributed by atoms with Crippen LogP contribution in [0.3, 0.4) is 0 Å². The summed E-state index contributed by atoms with van der Waals surface area (Å²) >= 11 is 0. The smallest absolute Gasteiger partial charge is 0.337 e. The lowest BCUT2D eigenvalue weighted by Gasteiger charge is -2.19. The van der Waals surface area contributed by atoms with Crippen LogP contribution in [0.15, 0.2) is 23.1 Å². The van der Waals surface area contributed by atoms with E-state index < -0.39 is 22.1 Å². The normalized spacial score (nSPS) is 13.4. The molecule has 0 bridgehead atoms. The van der Waals surface area contributed by atoms with Gasteiger partial charge in [0.15, 0.2) is 0 Å². The number of aliphatic hydroxyl groups excluding tert-OH is 1. The molecule has 7 nitrogen and oxygen atoms in total. The van der Waals surface area contributed by atoms with Crippen LogP contribution in [-0.2, 0) is 10.0 Å². The van der Waals surface area contributed by atoms with Crippen LogP contribution in [0.2, 0.25) is 0 Å². The Morgan fingerprint density at radius 3 is 2.55 bits per heavy atom. The van der Waals surface area contributed by atoms with Gasteiger partial charge >= 0.3 is 5.97 Å². The first kappa shape index (κ1) is 16.4. The Kier molecular flexibility index (Phi) is 5.09. The van der Waals surface area contributed by atoms with E-state index in [2.05, 4.69) is 0 Å². The van der Waals surface area contributed by atoms with Gasteiger partial charge in [0.05, 0.1) is 16.6 Å². The van der Waals surface area contributed by atoms with E-state index in [9.17, 15) is 18.3 Å². The average Bonchev–Trinajstić information content (AvgIpc) is 2.35. The van der Waals surface area contributed by atoms with Gasteiger partial charge in [-0.1, -0.05) is 0 Å². The van der Waals surface area contributed by atoms with E-state index in [4.69, 9.17) is 10.8 Å². The monoisotopic (exact) mass is 302 g/mol. The van der Waals surface area contributed by atoms with Gasteiger partial charge in [0.1, 0.15) is 0 Å². The number of nitrogens with two attached hydrogens (primary N) is 1. The highest BCUT2D eigenvalue weighted by atomic mass is 32.2. The van der Waals surface area contributed by atoms with Crippen molar-refractivity contribution in [2.45, 2.75) is 24.3 Å². The molecule has 0 aliphatic heterocycles. The van der Waals surface area contributed by atoms with E-state index in [-0.39, 0.29) is 29.1 Å². The van der Waals surface area contributed by atoms with Crippen LogP contribution in [0.5, 0.6) is 0 Å².